The number of phenols is 1. The number of methoxy groups -OCH3 is 1. The van der Waals surface area contributed by atoms with Crippen LogP contribution in [0.1, 0.15) is 5.56 Å². The minimum Gasteiger partial charge on any atom is -0.504 e. The maximum atomic E-state index is 10.2. The molecule has 8 atom stereocenters. The van der Waals surface area contributed by atoms with Gasteiger partial charge in [-0.25, -0.2) is 0 Å². The number of benzene rings is 1. The number of ether oxygens (including phenoxy) is 5. The summed E-state index contributed by atoms with van der Waals surface area (Å²) in [6.07, 6.45) is -6.60. The van der Waals surface area contributed by atoms with E-state index in [1.165, 1.54) is 13.2 Å². The summed E-state index contributed by atoms with van der Waals surface area (Å²) >= 11 is 0. The fourth-order valence-electron chi connectivity index (χ4n) is 3.45. The van der Waals surface area contributed by atoms with Gasteiger partial charge in [-0.1, -0.05) is 18.2 Å². The van der Waals surface area contributed by atoms with Crippen molar-refractivity contribution in [3.8, 4) is 11.5 Å². The van der Waals surface area contributed by atoms with Gasteiger partial charge < -0.3 is 59.4 Å². The number of rotatable bonds is 9. The van der Waals surface area contributed by atoms with Gasteiger partial charge in [-0.3, -0.25) is 0 Å². The third kappa shape index (κ3) is 5.81. The maximum absolute atomic E-state index is 10.2. The largest absolute Gasteiger partial charge is 0.504 e. The van der Waals surface area contributed by atoms with Crippen LogP contribution >= 0.6 is 0 Å². The molecule has 0 saturated carbocycles. The van der Waals surface area contributed by atoms with Gasteiger partial charge in [0.15, 0.2) is 24.1 Å². The van der Waals surface area contributed by atoms with Crippen LogP contribution in [0.15, 0.2) is 24.3 Å². The lowest BCUT2D eigenvalue weighted by atomic mass is 9.99. The molecule has 12 heteroatoms. The molecule has 0 aliphatic carbocycles. The Labute approximate surface area is 189 Å². The van der Waals surface area contributed by atoms with Crippen LogP contribution in [0.2, 0.25) is 0 Å². The molecule has 186 valence electrons. The highest BCUT2D eigenvalue weighted by Gasteiger charge is 2.50. The summed E-state index contributed by atoms with van der Waals surface area (Å²) in [6, 6.07) is 4.75. The van der Waals surface area contributed by atoms with E-state index in [4.69, 9.17) is 23.7 Å². The smallest absolute Gasteiger partial charge is 0.187 e. The Morgan fingerprint density at radius 1 is 1.09 bits per heavy atom. The molecule has 0 radical (unpaired) electrons. The number of hydrogen-bond donors (Lipinski definition) is 7. The summed E-state index contributed by atoms with van der Waals surface area (Å²) in [5.41, 5.74) is -1.15. The van der Waals surface area contributed by atoms with E-state index in [2.05, 4.69) is 0 Å². The molecule has 2 saturated heterocycles. The molecule has 0 bridgehead atoms. The van der Waals surface area contributed by atoms with Crippen LogP contribution in [0.5, 0.6) is 11.5 Å². The number of aliphatic hydroxyl groups is 6. The zero-order chi connectivity index (χ0) is 24.2. The molecule has 3 rings (SSSR count). The van der Waals surface area contributed by atoms with Crippen LogP contribution in [0.4, 0.5) is 0 Å². The minimum atomic E-state index is -1.87. The minimum absolute atomic E-state index is 0.00185. The highest BCUT2D eigenvalue weighted by atomic mass is 16.7. The van der Waals surface area contributed by atoms with Gasteiger partial charge >= 0.3 is 0 Å². The van der Waals surface area contributed by atoms with Crippen LogP contribution in [0.3, 0.4) is 0 Å². The lowest BCUT2D eigenvalue weighted by Crippen LogP contribution is -2.59. The van der Waals surface area contributed by atoms with Gasteiger partial charge in [0, 0.05) is 0 Å². The van der Waals surface area contributed by atoms with Crippen molar-refractivity contribution in [2.24, 2.45) is 0 Å². The molecule has 7 N–H and O–H groups in total. The third-order valence-corrected chi connectivity index (χ3v) is 5.54. The van der Waals surface area contributed by atoms with Gasteiger partial charge in [-0.05, 0) is 17.7 Å². The van der Waals surface area contributed by atoms with Gasteiger partial charge in [-0.2, -0.15) is 0 Å². The molecular formula is C21H30O12. The summed E-state index contributed by atoms with van der Waals surface area (Å²) in [5.74, 6) is 0.305. The molecule has 12 nitrogen and oxygen atoms in total. The van der Waals surface area contributed by atoms with Crippen LogP contribution in [0, 0.1) is 0 Å². The average molecular weight is 474 g/mol. The highest BCUT2D eigenvalue weighted by molar-refractivity contribution is 5.55. The number of hydrogen-bond acceptors (Lipinski definition) is 12. The molecule has 0 amide bonds. The van der Waals surface area contributed by atoms with Crippen molar-refractivity contribution in [3.63, 3.8) is 0 Å². The first kappa shape index (κ1) is 25.8. The van der Waals surface area contributed by atoms with Gasteiger partial charge in [0.05, 0.1) is 33.5 Å². The molecule has 1 aromatic carbocycles. The van der Waals surface area contributed by atoms with Crippen molar-refractivity contribution < 1.29 is 59.4 Å². The number of aromatic hydroxyl groups is 1. The predicted octanol–water partition coefficient (Wildman–Crippen LogP) is -2.30. The fourth-order valence-corrected chi connectivity index (χ4v) is 3.45. The lowest BCUT2D eigenvalue weighted by Gasteiger charge is -2.40. The van der Waals surface area contributed by atoms with E-state index in [9.17, 15) is 35.7 Å². The van der Waals surface area contributed by atoms with E-state index in [1.54, 1.807) is 24.3 Å². The first-order chi connectivity index (χ1) is 15.7. The van der Waals surface area contributed by atoms with E-state index in [-0.39, 0.29) is 25.6 Å². The van der Waals surface area contributed by atoms with Crippen LogP contribution in [-0.4, -0.2) is 118 Å². The second-order valence-corrected chi connectivity index (χ2v) is 7.90. The Morgan fingerprint density at radius 3 is 2.52 bits per heavy atom. The standard InChI is InChI=1S/C21H30O12/c1-29-13-7-11(4-5-12(13)23)3-2-6-30-19-17(26)16(25)15(24)14(33-19)8-31-20-18(27)21(28,9-22)10-32-20/h2-5,7,14-20,22-28H,6,8-10H2,1H3/t14-,15-,16+,17-,18+,19-,20-,21-/m1/s1. The first-order valence-electron chi connectivity index (χ1n) is 10.3. The van der Waals surface area contributed by atoms with E-state index < -0.39 is 55.3 Å². The Morgan fingerprint density at radius 2 is 1.85 bits per heavy atom. The van der Waals surface area contributed by atoms with Crippen molar-refractivity contribution in [1.29, 1.82) is 0 Å². The fraction of sp³-hybridized carbons (Fsp3) is 0.619. The Bertz CT molecular complexity index is 803. The zero-order valence-electron chi connectivity index (χ0n) is 17.9. The number of phenolic OH excluding ortho intramolecular Hbond substituents is 1. The SMILES string of the molecule is COc1cc(C=CCO[C@@H]2O[C@H](CO[C@@H]3OC[C@](O)(CO)[C@H]3O)[C@@H](O)[C@H](O)[C@H]2O)ccc1O. The van der Waals surface area contributed by atoms with Gasteiger partial charge in [-0.15, -0.1) is 0 Å². The van der Waals surface area contributed by atoms with Crippen molar-refractivity contribution in [2.75, 3.05) is 33.5 Å². The number of aliphatic hydroxyl groups excluding tert-OH is 5. The Hall–Kier alpha value is -1.84. The van der Waals surface area contributed by atoms with Gasteiger partial charge in [0.1, 0.15) is 36.1 Å². The second kappa shape index (κ2) is 11.1. The molecule has 1 aromatic rings. The molecule has 33 heavy (non-hydrogen) atoms. The van der Waals surface area contributed by atoms with E-state index >= 15 is 0 Å². The monoisotopic (exact) mass is 474 g/mol. The van der Waals surface area contributed by atoms with Crippen LogP contribution in [-0.2, 0) is 18.9 Å². The van der Waals surface area contributed by atoms with E-state index in [0.29, 0.717) is 5.75 Å². The zero-order valence-corrected chi connectivity index (χ0v) is 17.9. The molecule has 2 heterocycles. The first-order valence-corrected chi connectivity index (χ1v) is 10.3. The summed E-state index contributed by atoms with van der Waals surface area (Å²) in [4.78, 5) is 0. The Kier molecular flexibility index (Phi) is 8.64. The van der Waals surface area contributed by atoms with Crippen LogP contribution < -0.4 is 4.74 Å². The van der Waals surface area contributed by atoms with Gasteiger partial charge in [0.25, 0.3) is 0 Å². The van der Waals surface area contributed by atoms with Gasteiger partial charge in [0.2, 0.25) is 0 Å². The quantitative estimate of drug-likeness (QED) is 0.203. The van der Waals surface area contributed by atoms with Crippen LogP contribution in [0.25, 0.3) is 6.08 Å². The predicted molar refractivity (Wildman–Crippen MR) is 110 cm³/mol. The molecular weight excluding hydrogens is 444 g/mol. The summed E-state index contributed by atoms with van der Waals surface area (Å²) in [6.45, 7) is -1.47. The van der Waals surface area contributed by atoms with E-state index in [1.807, 2.05) is 0 Å². The topological polar surface area (TPSA) is 188 Å². The second-order valence-electron chi connectivity index (χ2n) is 7.90. The average Bonchev–Trinajstić information content (AvgIpc) is 3.10. The summed E-state index contributed by atoms with van der Waals surface area (Å²) in [7, 11) is 1.43. The normalized spacial score (nSPS) is 37.0. The molecule has 0 unspecified atom stereocenters. The lowest BCUT2D eigenvalue weighted by molar-refractivity contribution is -0.307. The van der Waals surface area contributed by atoms with Crippen molar-refractivity contribution in [3.05, 3.63) is 29.8 Å². The summed E-state index contributed by atoms with van der Waals surface area (Å²) < 4.78 is 26.5. The van der Waals surface area contributed by atoms with Crippen molar-refractivity contribution in [1.82, 2.24) is 0 Å². The van der Waals surface area contributed by atoms with Crippen molar-refractivity contribution >= 4 is 6.08 Å². The molecule has 2 aliphatic rings. The van der Waals surface area contributed by atoms with Crippen molar-refractivity contribution in [2.45, 2.75) is 48.7 Å². The highest BCUT2D eigenvalue weighted by Crippen LogP contribution is 2.28. The van der Waals surface area contributed by atoms with E-state index in [0.717, 1.165) is 5.56 Å². The molecule has 0 aromatic heterocycles. The molecule has 2 fully saturated rings. The maximum Gasteiger partial charge on any atom is 0.187 e. The Balaban J connectivity index is 1.53. The summed E-state index contributed by atoms with van der Waals surface area (Å²) in [5, 5.41) is 69.3. The molecule has 0 spiro atoms. The molecule has 2 aliphatic heterocycles. The third-order valence-electron chi connectivity index (χ3n) is 5.54.